The first kappa shape index (κ1) is 22.9. The van der Waals surface area contributed by atoms with Crippen LogP contribution in [0.3, 0.4) is 0 Å². The molecule has 0 aromatic heterocycles. The Labute approximate surface area is 195 Å². The summed E-state index contributed by atoms with van der Waals surface area (Å²) in [5.74, 6) is -1.40. The second kappa shape index (κ2) is 10.1. The van der Waals surface area contributed by atoms with E-state index in [2.05, 4.69) is 5.32 Å². The average Bonchev–Trinajstić information content (AvgIpc) is 2.88. The Balaban J connectivity index is 1.36. The quantitative estimate of drug-likeness (QED) is 0.408. The lowest BCUT2D eigenvalue weighted by molar-refractivity contribution is -0.148. The zero-order valence-corrected chi connectivity index (χ0v) is 18.0. The van der Waals surface area contributed by atoms with Crippen molar-refractivity contribution in [1.82, 2.24) is 5.32 Å². The van der Waals surface area contributed by atoms with Crippen molar-refractivity contribution in [3.63, 3.8) is 0 Å². The fourth-order valence-corrected chi connectivity index (χ4v) is 3.58. The van der Waals surface area contributed by atoms with Gasteiger partial charge in [-0.25, -0.2) is 9.59 Å². The number of aliphatic hydroxyl groups excluding tert-OH is 1. The third-order valence-electron chi connectivity index (χ3n) is 5.34. The molecule has 0 aliphatic heterocycles. The zero-order chi connectivity index (χ0) is 24.1. The Kier molecular flexibility index (Phi) is 6.79. The lowest BCUT2D eigenvalue weighted by Gasteiger charge is -2.18. The van der Waals surface area contributed by atoms with Gasteiger partial charge in [0.25, 0.3) is 0 Å². The number of hydrogen-bond acceptors (Lipinski definition) is 7. The van der Waals surface area contributed by atoms with Crippen LogP contribution in [0.2, 0.25) is 0 Å². The number of alkyl carbamates (subject to hydrolysis) is 1. The maximum Gasteiger partial charge on any atom is 0.408 e. The van der Waals surface area contributed by atoms with Gasteiger partial charge < -0.3 is 19.9 Å². The van der Waals surface area contributed by atoms with Crippen LogP contribution >= 0.6 is 0 Å². The maximum atomic E-state index is 12.8. The smallest absolute Gasteiger partial charge is 0.408 e. The van der Waals surface area contributed by atoms with Crippen LogP contribution < -0.4 is 5.32 Å². The Hall–Kier alpha value is -4.30. The Morgan fingerprint density at radius 2 is 1.32 bits per heavy atom. The molecule has 1 amide bonds. The van der Waals surface area contributed by atoms with Crippen molar-refractivity contribution in [1.29, 1.82) is 0 Å². The molecule has 1 aliphatic rings. The van der Waals surface area contributed by atoms with Gasteiger partial charge in [0.15, 0.2) is 17.6 Å². The number of ether oxygens (including phenoxy) is 2. The maximum absolute atomic E-state index is 12.8. The molecule has 0 saturated carbocycles. The number of hydrogen-bond donors (Lipinski definition) is 2. The molecule has 1 aliphatic carbocycles. The van der Waals surface area contributed by atoms with E-state index in [0.717, 1.165) is 5.56 Å². The van der Waals surface area contributed by atoms with Gasteiger partial charge in [-0.2, -0.15) is 0 Å². The number of amides is 1. The summed E-state index contributed by atoms with van der Waals surface area (Å²) in [6.45, 7) is -0.898. The molecule has 0 radical (unpaired) electrons. The standard InChI is InChI=1S/C26H21NO7/c28-13-22(27-26(32)34-14-16-6-2-1-3-7-16)25(31)33-15-17-10-11-20-21(12-17)24(30)19-9-5-4-8-18(19)23(20)29/h1-12,22,28H,13-15H2,(H,27,32)/t22-/m0/s1. The number of nitrogens with one attached hydrogen (secondary N) is 1. The summed E-state index contributed by atoms with van der Waals surface area (Å²) in [5.41, 5.74) is 2.45. The molecule has 0 fully saturated rings. The second-order valence-electron chi connectivity index (χ2n) is 7.63. The molecule has 3 aromatic carbocycles. The molecular formula is C26H21NO7. The first-order chi connectivity index (χ1) is 16.5. The SMILES string of the molecule is O=C(N[C@@H](CO)C(=O)OCc1ccc2c(c1)C(=O)c1ccccc1C2=O)OCc1ccccc1. The predicted molar refractivity (Wildman–Crippen MR) is 120 cm³/mol. The van der Waals surface area contributed by atoms with Gasteiger partial charge in [0.05, 0.1) is 6.61 Å². The van der Waals surface area contributed by atoms with Crippen molar-refractivity contribution in [3.05, 3.63) is 106 Å². The molecule has 4 rings (SSSR count). The van der Waals surface area contributed by atoms with E-state index in [0.29, 0.717) is 16.7 Å². The number of esters is 1. The van der Waals surface area contributed by atoms with Gasteiger partial charge in [-0.15, -0.1) is 0 Å². The lowest BCUT2D eigenvalue weighted by atomic mass is 9.83. The molecule has 0 bridgehead atoms. The fourth-order valence-electron chi connectivity index (χ4n) is 3.58. The van der Waals surface area contributed by atoms with E-state index in [1.807, 2.05) is 6.07 Å². The summed E-state index contributed by atoms with van der Waals surface area (Å²) in [5, 5.41) is 11.8. The zero-order valence-electron chi connectivity index (χ0n) is 18.0. The van der Waals surface area contributed by atoms with Crippen LogP contribution in [0.4, 0.5) is 4.79 Å². The van der Waals surface area contributed by atoms with Crippen LogP contribution in [0.25, 0.3) is 0 Å². The van der Waals surface area contributed by atoms with Gasteiger partial charge in [0.2, 0.25) is 0 Å². The van der Waals surface area contributed by atoms with Crippen molar-refractivity contribution in [2.75, 3.05) is 6.61 Å². The van der Waals surface area contributed by atoms with Crippen LogP contribution in [-0.2, 0) is 27.5 Å². The monoisotopic (exact) mass is 459 g/mol. The molecule has 34 heavy (non-hydrogen) atoms. The largest absolute Gasteiger partial charge is 0.459 e. The van der Waals surface area contributed by atoms with Crippen LogP contribution in [-0.4, -0.2) is 41.4 Å². The normalized spacial score (nSPS) is 12.9. The minimum atomic E-state index is -1.32. The Morgan fingerprint density at radius 1 is 0.735 bits per heavy atom. The number of ketones is 2. The van der Waals surface area contributed by atoms with E-state index < -0.39 is 24.7 Å². The van der Waals surface area contributed by atoms with Crippen molar-refractivity contribution in [3.8, 4) is 0 Å². The predicted octanol–water partition coefficient (Wildman–Crippen LogP) is 2.79. The van der Waals surface area contributed by atoms with Crippen LogP contribution in [0, 0.1) is 0 Å². The van der Waals surface area contributed by atoms with Gasteiger partial charge in [-0.1, -0.05) is 60.7 Å². The van der Waals surface area contributed by atoms with Gasteiger partial charge in [0, 0.05) is 22.3 Å². The molecule has 8 nitrogen and oxygen atoms in total. The van der Waals surface area contributed by atoms with Gasteiger partial charge in [-0.3, -0.25) is 9.59 Å². The molecule has 0 spiro atoms. The minimum absolute atomic E-state index is 0.00483. The average molecular weight is 459 g/mol. The van der Waals surface area contributed by atoms with Crippen LogP contribution in [0.1, 0.15) is 43.0 Å². The third-order valence-corrected chi connectivity index (χ3v) is 5.34. The van der Waals surface area contributed by atoms with Crippen molar-refractivity contribution in [2.24, 2.45) is 0 Å². The van der Waals surface area contributed by atoms with Gasteiger partial charge in [0.1, 0.15) is 13.2 Å². The van der Waals surface area contributed by atoms with E-state index in [4.69, 9.17) is 9.47 Å². The van der Waals surface area contributed by atoms with E-state index in [1.54, 1.807) is 54.6 Å². The first-order valence-corrected chi connectivity index (χ1v) is 10.5. The number of carbonyl (C=O) groups is 4. The first-order valence-electron chi connectivity index (χ1n) is 10.5. The fraction of sp³-hybridized carbons (Fsp3) is 0.154. The highest BCUT2D eigenvalue weighted by Gasteiger charge is 2.29. The summed E-state index contributed by atoms with van der Waals surface area (Å²) < 4.78 is 10.2. The summed E-state index contributed by atoms with van der Waals surface area (Å²) in [6, 6.07) is 18.9. The number of aliphatic hydroxyl groups is 1. The van der Waals surface area contributed by atoms with E-state index in [-0.39, 0.29) is 35.9 Å². The summed E-state index contributed by atoms with van der Waals surface area (Å²) >= 11 is 0. The molecule has 1 atom stereocenters. The summed E-state index contributed by atoms with van der Waals surface area (Å²) in [7, 11) is 0. The number of carbonyl (C=O) groups excluding carboxylic acids is 4. The van der Waals surface area contributed by atoms with Crippen molar-refractivity contribution < 1.29 is 33.8 Å². The number of benzene rings is 3. The van der Waals surface area contributed by atoms with E-state index in [1.165, 1.54) is 12.1 Å². The van der Waals surface area contributed by atoms with Gasteiger partial charge in [-0.05, 0) is 23.3 Å². The lowest BCUT2D eigenvalue weighted by Crippen LogP contribution is -2.44. The summed E-state index contributed by atoms with van der Waals surface area (Å²) in [4.78, 5) is 49.8. The Bertz CT molecular complexity index is 1250. The number of fused-ring (bicyclic) bond motifs is 2. The number of rotatable bonds is 7. The molecule has 8 heteroatoms. The van der Waals surface area contributed by atoms with Gasteiger partial charge >= 0.3 is 12.1 Å². The summed E-state index contributed by atoms with van der Waals surface area (Å²) in [6.07, 6.45) is -0.878. The van der Waals surface area contributed by atoms with E-state index >= 15 is 0 Å². The second-order valence-corrected chi connectivity index (χ2v) is 7.63. The highest BCUT2D eigenvalue weighted by atomic mass is 16.6. The Morgan fingerprint density at radius 3 is 2.00 bits per heavy atom. The molecule has 2 N–H and O–H groups in total. The van der Waals surface area contributed by atoms with Crippen molar-refractivity contribution >= 4 is 23.6 Å². The molecule has 0 unspecified atom stereocenters. The molecule has 172 valence electrons. The molecule has 3 aromatic rings. The van der Waals surface area contributed by atoms with Crippen LogP contribution in [0.15, 0.2) is 72.8 Å². The molecule has 0 saturated heterocycles. The van der Waals surface area contributed by atoms with Crippen molar-refractivity contribution in [2.45, 2.75) is 19.3 Å². The minimum Gasteiger partial charge on any atom is -0.459 e. The van der Waals surface area contributed by atoms with E-state index in [9.17, 15) is 24.3 Å². The highest BCUT2D eigenvalue weighted by Crippen LogP contribution is 2.28. The molecule has 0 heterocycles. The highest BCUT2D eigenvalue weighted by molar-refractivity contribution is 6.28. The molecular weight excluding hydrogens is 438 g/mol. The topological polar surface area (TPSA) is 119 Å². The third kappa shape index (κ3) is 4.87. The van der Waals surface area contributed by atoms with Crippen LogP contribution in [0.5, 0.6) is 0 Å².